The van der Waals surface area contributed by atoms with E-state index in [1.165, 1.54) is 0 Å². The van der Waals surface area contributed by atoms with E-state index >= 15 is 0 Å². The first-order chi connectivity index (χ1) is 7.78. The van der Waals surface area contributed by atoms with Crippen LogP contribution in [0.25, 0.3) is 0 Å². The average Bonchev–Trinajstić information content (AvgIpc) is 2.32. The summed E-state index contributed by atoms with van der Waals surface area (Å²) < 4.78 is 6.77. The van der Waals surface area contributed by atoms with Crippen LogP contribution >= 0.6 is 22.6 Å². The Morgan fingerprint density at radius 3 is 2.44 bits per heavy atom. The zero-order chi connectivity index (χ0) is 11.4. The number of carbonyl (C=O) groups is 1. The predicted molar refractivity (Wildman–Crippen MR) is 71.1 cm³/mol. The maximum Gasteiger partial charge on any atom is 0.150 e. The quantitative estimate of drug-likeness (QED) is 0.632. The fourth-order valence-corrected chi connectivity index (χ4v) is 1.65. The molecule has 0 saturated carbocycles. The van der Waals surface area contributed by atoms with Gasteiger partial charge in [-0.1, -0.05) is 12.1 Å². The minimum absolute atomic E-state index is 0.614. The number of aldehydes is 1. The number of hydrogen-bond acceptors (Lipinski definition) is 2. The van der Waals surface area contributed by atoms with E-state index in [1.54, 1.807) is 18.2 Å². The minimum Gasteiger partial charge on any atom is -0.457 e. The van der Waals surface area contributed by atoms with Gasteiger partial charge in [0.1, 0.15) is 17.8 Å². The molecule has 16 heavy (non-hydrogen) atoms. The highest BCUT2D eigenvalue weighted by Crippen LogP contribution is 2.22. The predicted octanol–water partition coefficient (Wildman–Crippen LogP) is 3.90. The summed E-state index contributed by atoms with van der Waals surface area (Å²) in [6.07, 6.45) is 0.806. The molecule has 0 unspecified atom stereocenters. The van der Waals surface area contributed by atoms with Gasteiger partial charge >= 0.3 is 0 Å². The molecule has 0 aliphatic carbocycles. The van der Waals surface area contributed by atoms with Crippen molar-refractivity contribution in [2.24, 2.45) is 0 Å². The van der Waals surface area contributed by atoms with Crippen molar-refractivity contribution in [1.82, 2.24) is 0 Å². The van der Waals surface area contributed by atoms with Gasteiger partial charge in [0.25, 0.3) is 0 Å². The van der Waals surface area contributed by atoms with E-state index in [-0.39, 0.29) is 0 Å². The highest BCUT2D eigenvalue weighted by Gasteiger charge is 1.98. The van der Waals surface area contributed by atoms with Gasteiger partial charge in [-0.25, -0.2) is 0 Å². The summed E-state index contributed by atoms with van der Waals surface area (Å²) in [4.78, 5) is 10.6. The number of rotatable bonds is 3. The Morgan fingerprint density at radius 2 is 1.75 bits per heavy atom. The molecule has 2 rings (SSSR count). The van der Waals surface area contributed by atoms with Crippen molar-refractivity contribution in [3.63, 3.8) is 0 Å². The molecule has 80 valence electrons. The molecule has 2 aromatic carbocycles. The molecule has 0 heterocycles. The summed E-state index contributed by atoms with van der Waals surface area (Å²) in [5.41, 5.74) is 0.614. The van der Waals surface area contributed by atoms with Gasteiger partial charge < -0.3 is 4.74 Å². The van der Waals surface area contributed by atoms with E-state index in [1.807, 2.05) is 30.3 Å². The van der Waals surface area contributed by atoms with Gasteiger partial charge in [-0.3, -0.25) is 4.79 Å². The average molecular weight is 324 g/mol. The summed E-state index contributed by atoms with van der Waals surface area (Å²) in [7, 11) is 0. The van der Waals surface area contributed by atoms with Crippen LogP contribution in [-0.4, -0.2) is 6.29 Å². The van der Waals surface area contributed by atoms with Crippen LogP contribution in [0.4, 0.5) is 0 Å². The van der Waals surface area contributed by atoms with Gasteiger partial charge in [0.2, 0.25) is 0 Å². The monoisotopic (exact) mass is 324 g/mol. The zero-order valence-corrected chi connectivity index (χ0v) is 10.5. The molecular weight excluding hydrogens is 315 g/mol. The van der Waals surface area contributed by atoms with E-state index in [4.69, 9.17) is 4.74 Å². The molecule has 2 nitrogen and oxygen atoms in total. The van der Waals surface area contributed by atoms with Crippen LogP contribution in [0, 0.1) is 3.57 Å². The molecule has 0 spiro atoms. The summed E-state index contributed by atoms with van der Waals surface area (Å²) >= 11 is 2.24. The fourth-order valence-electron chi connectivity index (χ4n) is 1.29. The van der Waals surface area contributed by atoms with Gasteiger partial charge in [-0.2, -0.15) is 0 Å². The first kappa shape index (κ1) is 11.1. The van der Waals surface area contributed by atoms with Crippen molar-refractivity contribution in [2.75, 3.05) is 0 Å². The summed E-state index contributed by atoms with van der Waals surface area (Å²) in [5.74, 6) is 1.44. The molecule has 0 saturated heterocycles. The highest BCUT2D eigenvalue weighted by molar-refractivity contribution is 14.1. The van der Waals surface area contributed by atoms with Crippen LogP contribution in [0.15, 0.2) is 48.5 Å². The number of carbonyl (C=O) groups excluding carboxylic acids is 1. The van der Waals surface area contributed by atoms with Crippen LogP contribution in [-0.2, 0) is 0 Å². The second-order valence-electron chi connectivity index (χ2n) is 3.25. The first-order valence-electron chi connectivity index (χ1n) is 4.76. The van der Waals surface area contributed by atoms with Gasteiger partial charge in [-0.15, -0.1) is 0 Å². The van der Waals surface area contributed by atoms with E-state index in [9.17, 15) is 4.79 Å². The topological polar surface area (TPSA) is 26.3 Å². The van der Waals surface area contributed by atoms with Crippen molar-refractivity contribution in [3.05, 3.63) is 57.7 Å². The van der Waals surface area contributed by atoms with Gasteiger partial charge in [-0.05, 0) is 59.0 Å². The summed E-state index contributed by atoms with van der Waals surface area (Å²) in [6, 6.07) is 14.8. The Kier molecular flexibility index (Phi) is 3.56. The molecule has 0 radical (unpaired) electrons. The molecular formula is C13H9IO2. The molecule has 0 amide bonds. The zero-order valence-electron chi connectivity index (χ0n) is 8.39. The first-order valence-corrected chi connectivity index (χ1v) is 5.84. The SMILES string of the molecule is O=Cc1cccc(Oc2ccc(I)cc2)c1. The third-order valence-corrected chi connectivity index (χ3v) is 2.76. The number of hydrogen-bond donors (Lipinski definition) is 0. The third-order valence-electron chi connectivity index (χ3n) is 2.04. The fraction of sp³-hybridized carbons (Fsp3) is 0. The molecule has 3 heteroatoms. The van der Waals surface area contributed by atoms with Crippen molar-refractivity contribution in [3.8, 4) is 11.5 Å². The largest absolute Gasteiger partial charge is 0.457 e. The molecule has 0 N–H and O–H groups in total. The smallest absolute Gasteiger partial charge is 0.150 e. The number of halogens is 1. The lowest BCUT2D eigenvalue weighted by molar-refractivity contribution is 0.112. The lowest BCUT2D eigenvalue weighted by Crippen LogP contribution is -1.86. The molecule has 2 aromatic rings. The Morgan fingerprint density at radius 1 is 1.00 bits per heavy atom. The molecule has 0 atom stereocenters. The van der Waals surface area contributed by atoms with Crippen molar-refractivity contribution >= 4 is 28.9 Å². The Balaban J connectivity index is 2.20. The Labute approximate surface area is 107 Å². The Hall–Kier alpha value is -1.36. The van der Waals surface area contributed by atoms with Crippen molar-refractivity contribution in [2.45, 2.75) is 0 Å². The van der Waals surface area contributed by atoms with Crippen LogP contribution in [0.1, 0.15) is 10.4 Å². The molecule has 0 bridgehead atoms. The highest BCUT2D eigenvalue weighted by atomic mass is 127. The maximum atomic E-state index is 10.6. The second-order valence-corrected chi connectivity index (χ2v) is 4.49. The maximum absolute atomic E-state index is 10.6. The van der Waals surface area contributed by atoms with Crippen LogP contribution in [0.3, 0.4) is 0 Å². The van der Waals surface area contributed by atoms with Gasteiger partial charge in [0.05, 0.1) is 0 Å². The van der Waals surface area contributed by atoms with Crippen molar-refractivity contribution in [1.29, 1.82) is 0 Å². The molecule has 0 aliphatic heterocycles. The second kappa shape index (κ2) is 5.12. The number of benzene rings is 2. The minimum atomic E-state index is 0.614. The third kappa shape index (κ3) is 2.82. The van der Waals surface area contributed by atoms with E-state index < -0.39 is 0 Å². The van der Waals surface area contributed by atoms with E-state index in [0.717, 1.165) is 15.6 Å². The van der Waals surface area contributed by atoms with Crippen LogP contribution in [0.2, 0.25) is 0 Å². The molecule has 0 fully saturated rings. The lowest BCUT2D eigenvalue weighted by Gasteiger charge is -2.05. The van der Waals surface area contributed by atoms with Crippen LogP contribution in [0.5, 0.6) is 11.5 Å². The van der Waals surface area contributed by atoms with Crippen LogP contribution < -0.4 is 4.74 Å². The summed E-state index contributed by atoms with van der Waals surface area (Å²) in [6.45, 7) is 0. The van der Waals surface area contributed by atoms with Gasteiger partial charge in [0, 0.05) is 9.13 Å². The Bertz CT molecular complexity index is 492. The summed E-state index contributed by atoms with van der Waals surface area (Å²) in [5, 5.41) is 0. The van der Waals surface area contributed by atoms with Crippen molar-refractivity contribution < 1.29 is 9.53 Å². The molecule has 0 aromatic heterocycles. The molecule has 0 aliphatic rings. The standard InChI is InChI=1S/C13H9IO2/c14-11-4-6-12(7-5-11)16-13-3-1-2-10(8-13)9-15/h1-9H. The normalized spacial score (nSPS) is 9.81. The van der Waals surface area contributed by atoms with Gasteiger partial charge in [0.15, 0.2) is 0 Å². The van der Waals surface area contributed by atoms with E-state index in [2.05, 4.69) is 22.6 Å². The van der Waals surface area contributed by atoms with E-state index in [0.29, 0.717) is 11.3 Å². The number of ether oxygens (including phenoxy) is 1. The lowest BCUT2D eigenvalue weighted by atomic mass is 10.2.